The number of hydrogen-bond donors (Lipinski definition) is 2. The van der Waals surface area contributed by atoms with E-state index in [9.17, 15) is 4.79 Å². The lowest BCUT2D eigenvalue weighted by molar-refractivity contribution is -0.117. The molecular formula is C10H12N2O2. The molecule has 0 saturated carbocycles. The highest BCUT2D eigenvalue weighted by molar-refractivity contribution is 5.96. The first-order chi connectivity index (χ1) is 6.66. The third-order valence-corrected chi connectivity index (χ3v) is 2.32. The van der Waals surface area contributed by atoms with E-state index in [0.29, 0.717) is 13.0 Å². The van der Waals surface area contributed by atoms with Crippen LogP contribution >= 0.6 is 0 Å². The molecule has 1 fully saturated rings. The summed E-state index contributed by atoms with van der Waals surface area (Å²) in [5.41, 5.74) is 6.46. The molecule has 0 radical (unpaired) electrons. The van der Waals surface area contributed by atoms with Gasteiger partial charge >= 0.3 is 0 Å². The number of nitrogens with two attached hydrogens (primary N) is 1. The summed E-state index contributed by atoms with van der Waals surface area (Å²) in [6.45, 7) is 0.559. The van der Waals surface area contributed by atoms with Crippen LogP contribution in [0, 0.1) is 0 Å². The number of benzene rings is 1. The van der Waals surface area contributed by atoms with Crippen LogP contribution in [0.5, 0.6) is 5.75 Å². The second-order valence-corrected chi connectivity index (χ2v) is 3.48. The van der Waals surface area contributed by atoms with Crippen LogP contribution in [0.4, 0.5) is 5.69 Å². The average molecular weight is 192 g/mol. The van der Waals surface area contributed by atoms with Gasteiger partial charge in [0, 0.05) is 24.7 Å². The summed E-state index contributed by atoms with van der Waals surface area (Å²) in [5, 5.41) is 9.09. The van der Waals surface area contributed by atoms with E-state index in [0.717, 1.165) is 5.69 Å². The van der Waals surface area contributed by atoms with Gasteiger partial charge in [-0.15, -0.1) is 0 Å². The van der Waals surface area contributed by atoms with Crippen LogP contribution in [-0.4, -0.2) is 23.6 Å². The van der Waals surface area contributed by atoms with Gasteiger partial charge in [-0.2, -0.15) is 0 Å². The first kappa shape index (κ1) is 9.02. The molecule has 2 rings (SSSR count). The number of anilines is 1. The lowest BCUT2D eigenvalue weighted by atomic mass is 10.3. The Labute approximate surface area is 81.9 Å². The number of amides is 1. The molecule has 1 amide bonds. The van der Waals surface area contributed by atoms with Gasteiger partial charge in [0.2, 0.25) is 5.91 Å². The van der Waals surface area contributed by atoms with Crippen LogP contribution in [-0.2, 0) is 4.79 Å². The largest absolute Gasteiger partial charge is 0.508 e. The first-order valence-electron chi connectivity index (χ1n) is 4.52. The minimum Gasteiger partial charge on any atom is -0.508 e. The molecule has 1 unspecified atom stereocenters. The van der Waals surface area contributed by atoms with Crippen molar-refractivity contribution in [2.75, 3.05) is 11.4 Å². The second-order valence-electron chi connectivity index (χ2n) is 3.48. The van der Waals surface area contributed by atoms with Crippen molar-refractivity contribution in [1.82, 2.24) is 0 Å². The minimum atomic E-state index is -0.0729. The molecule has 4 heteroatoms. The first-order valence-corrected chi connectivity index (χ1v) is 4.52. The monoisotopic (exact) mass is 192 g/mol. The number of nitrogens with zero attached hydrogens (tertiary/aromatic N) is 1. The van der Waals surface area contributed by atoms with Crippen molar-refractivity contribution in [3.8, 4) is 5.75 Å². The maximum Gasteiger partial charge on any atom is 0.228 e. The molecule has 1 aromatic carbocycles. The zero-order valence-electron chi connectivity index (χ0n) is 7.68. The van der Waals surface area contributed by atoms with Gasteiger partial charge in [-0.3, -0.25) is 4.79 Å². The van der Waals surface area contributed by atoms with Crippen LogP contribution < -0.4 is 10.6 Å². The van der Waals surface area contributed by atoms with Crippen molar-refractivity contribution < 1.29 is 9.90 Å². The second kappa shape index (κ2) is 3.31. The molecule has 1 aromatic rings. The number of rotatable bonds is 1. The van der Waals surface area contributed by atoms with Gasteiger partial charge in [0.25, 0.3) is 0 Å². The van der Waals surface area contributed by atoms with Crippen LogP contribution in [0.3, 0.4) is 0 Å². The fraction of sp³-hybridized carbons (Fsp3) is 0.300. The van der Waals surface area contributed by atoms with Gasteiger partial charge in [0.15, 0.2) is 0 Å². The molecule has 1 heterocycles. The van der Waals surface area contributed by atoms with Gasteiger partial charge < -0.3 is 15.7 Å². The van der Waals surface area contributed by atoms with Gasteiger partial charge in [0.1, 0.15) is 5.75 Å². The summed E-state index contributed by atoms with van der Waals surface area (Å²) in [7, 11) is 0. The highest BCUT2D eigenvalue weighted by atomic mass is 16.3. The molecule has 4 nitrogen and oxygen atoms in total. The van der Waals surface area contributed by atoms with Gasteiger partial charge in [0.05, 0.1) is 0 Å². The van der Waals surface area contributed by atoms with Gasteiger partial charge in [-0.1, -0.05) is 0 Å². The van der Waals surface area contributed by atoms with E-state index in [2.05, 4.69) is 0 Å². The molecule has 3 N–H and O–H groups in total. The summed E-state index contributed by atoms with van der Waals surface area (Å²) in [5.74, 6) is 0.243. The van der Waals surface area contributed by atoms with Crippen molar-refractivity contribution >= 4 is 11.6 Å². The topological polar surface area (TPSA) is 66.6 Å². The molecule has 1 saturated heterocycles. The number of phenols is 1. The summed E-state index contributed by atoms with van der Waals surface area (Å²) in [6, 6.07) is 6.48. The van der Waals surface area contributed by atoms with Crippen LogP contribution in [0.1, 0.15) is 6.42 Å². The SMILES string of the molecule is NC1CC(=O)N(c2ccc(O)cc2)C1. The maximum atomic E-state index is 11.5. The van der Waals surface area contributed by atoms with E-state index in [1.807, 2.05) is 0 Å². The summed E-state index contributed by atoms with van der Waals surface area (Å²) >= 11 is 0. The summed E-state index contributed by atoms with van der Waals surface area (Å²) < 4.78 is 0. The smallest absolute Gasteiger partial charge is 0.228 e. The Bertz CT molecular complexity index is 348. The zero-order valence-corrected chi connectivity index (χ0v) is 7.68. The lowest BCUT2D eigenvalue weighted by Crippen LogP contribution is -2.27. The van der Waals surface area contributed by atoms with Crippen molar-refractivity contribution in [2.24, 2.45) is 5.73 Å². The van der Waals surface area contributed by atoms with E-state index in [1.54, 1.807) is 29.2 Å². The number of carbonyl (C=O) groups is 1. The Morgan fingerprint density at radius 1 is 1.36 bits per heavy atom. The van der Waals surface area contributed by atoms with E-state index < -0.39 is 0 Å². The maximum absolute atomic E-state index is 11.5. The standard InChI is InChI=1S/C10H12N2O2/c11-7-5-10(14)12(6-7)8-1-3-9(13)4-2-8/h1-4,7,13H,5-6,11H2. The molecule has 1 aliphatic rings. The van der Waals surface area contributed by atoms with E-state index in [1.165, 1.54) is 0 Å². The lowest BCUT2D eigenvalue weighted by Gasteiger charge is -2.15. The highest BCUT2D eigenvalue weighted by Gasteiger charge is 2.27. The van der Waals surface area contributed by atoms with Gasteiger partial charge in [-0.05, 0) is 24.3 Å². The van der Waals surface area contributed by atoms with Crippen LogP contribution in [0.15, 0.2) is 24.3 Å². The Morgan fingerprint density at radius 3 is 2.50 bits per heavy atom. The van der Waals surface area contributed by atoms with Crippen molar-refractivity contribution in [2.45, 2.75) is 12.5 Å². The quantitative estimate of drug-likeness (QED) is 0.679. The Kier molecular flexibility index (Phi) is 2.13. The van der Waals surface area contributed by atoms with E-state index in [-0.39, 0.29) is 17.7 Å². The molecule has 1 aliphatic heterocycles. The fourth-order valence-corrected chi connectivity index (χ4v) is 1.62. The van der Waals surface area contributed by atoms with Crippen molar-refractivity contribution in [3.63, 3.8) is 0 Å². The summed E-state index contributed by atoms with van der Waals surface area (Å²) in [6.07, 6.45) is 0.404. The van der Waals surface area contributed by atoms with Crippen molar-refractivity contribution in [1.29, 1.82) is 0 Å². The molecule has 0 bridgehead atoms. The van der Waals surface area contributed by atoms with E-state index in [4.69, 9.17) is 10.8 Å². The fourth-order valence-electron chi connectivity index (χ4n) is 1.62. The number of hydrogen-bond acceptors (Lipinski definition) is 3. The number of phenolic OH excluding ortho intramolecular Hbond substituents is 1. The number of aromatic hydroxyl groups is 1. The third-order valence-electron chi connectivity index (χ3n) is 2.32. The minimum absolute atomic E-state index is 0.0446. The highest BCUT2D eigenvalue weighted by Crippen LogP contribution is 2.22. The molecule has 0 aliphatic carbocycles. The Hall–Kier alpha value is -1.55. The Balaban J connectivity index is 2.23. The van der Waals surface area contributed by atoms with Crippen molar-refractivity contribution in [3.05, 3.63) is 24.3 Å². The average Bonchev–Trinajstić information content (AvgIpc) is 2.47. The number of carbonyl (C=O) groups excluding carboxylic acids is 1. The summed E-state index contributed by atoms with van der Waals surface area (Å²) in [4.78, 5) is 13.1. The normalized spacial score (nSPS) is 21.6. The predicted molar refractivity (Wildman–Crippen MR) is 53.1 cm³/mol. The zero-order chi connectivity index (χ0) is 10.1. The van der Waals surface area contributed by atoms with Gasteiger partial charge in [-0.25, -0.2) is 0 Å². The Morgan fingerprint density at radius 2 is 2.00 bits per heavy atom. The molecule has 14 heavy (non-hydrogen) atoms. The molecule has 0 spiro atoms. The van der Waals surface area contributed by atoms with E-state index >= 15 is 0 Å². The molecule has 74 valence electrons. The molecule has 0 aromatic heterocycles. The predicted octanol–water partition coefficient (Wildman–Crippen LogP) is 0.456. The molecular weight excluding hydrogens is 180 g/mol. The van der Waals surface area contributed by atoms with Crippen LogP contribution in [0.25, 0.3) is 0 Å². The third kappa shape index (κ3) is 1.56. The molecule has 1 atom stereocenters. The van der Waals surface area contributed by atoms with Crippen LogP contribution in [0.2, 0.25) is 0 Å².